The fraction of sp³-hybridized carbons (Fsp3) is 0.333. The summed E-state index contributed by atoms with van der Waals surface area (Å²) in [5.41, 5.74) is 0.306. The number of rotatable bonds is 5. The second-order valence-electron chi connectivity index (χ2n) is 3.88. The van der Waals surface area contributed by atoms with Gasteiger partial charge in [-0.15, -0.1) is 0 Å². The lowest BCUT2D eigenvalue weighted by atomic mass is 10.3. The van der Waals surface area contributed by atoms with Crippen LogP contribution in [0.2, 0.25) is 0 Å². The van der Waals surface area contributed by atoms with Crippen molar-refractivity contribution >= 4 is 23.4 Å². The number of benzene rings is 1. The summed E-state index contributed by atoms with van der Waals surface area (Å²) in [5.74, 6) is -0.536. The summed E-state index contributed by atoms with van der Waals surface area (Å²) in [6.07, 6.45) is 0. The van der Waals surface area contributed by atoms with Crippen molar-refractivity contribution in [3.05, 3.63) is 34.4 Å². The standard InChI is InChI=1S/C12H15N3O5/c1-3-20-11(16)8(2)13-12(17)14-9-4-6-10(7-5-9)15(18)19/h4-8H,3H2,1-2H3,(H2,13,14,17). The van der Waals surface area contributed by atoms with Crippen LogP contribution in [0.15, 0.2) is 24.3 Å². The van der Waals surface area contributed by atoms with Crippen molar-refractivity contribution in [2.24, 2.45) is 0 Å². The first-order valence-corrected chi connectivity index (χ1v) is 5.92. The van der Waals surface area contributed by atoms with E-state index in [0.29, 0.717) is 5.69 Å². The lowest BCUT2D eigenvalue weighted by Gasteiger charge is -2.13. The molecule has 8 heteroatoms. The van der Waals surface area contributed by atoms with Gasteiger partial charge in [0.05, 0.1) is 11.5 Å². The number of nitrogens with zero attached hydrogens (tertiary/aromatic N) is 1. The fourth-order valence-electron chi connectivity index (χ4n) is 1.36. The van der Waals surface area contributed by atoms with E-state index in [4.69, 9.17) is 4.74 Å². The molecular formula is C12H15N3O5. The van der Waals surface area contributed by atoms with Crippen LogP contribution in [0.4, 0.5) is 16.2 Å². The summed E-state index contributed by atoms with van der Waals surface area (Å²) in [6.45, 7) is 3.39. The Balaban J connectivity index is 2.54. The zero-order valence-corrected chi connectivity index (χ0v) is 11.1. The van der Waals surface area contributed by atoms with E-state index < -0.39 is 23.0 Å². The predicted molar refractivity (Wildman–Crippen MR) is 71.3 cm³/mol. The Labute approximate surface area is 115 Å². The van der Waals surface area contributed by atoms with Gasteiger partial charge < -0.3 is 15.4 Å². The third kappa shape index (κ3) is 4.56. The van der Waals surface area contributed by atoms with E-state index >= 15 is 0 Å². The third-order valence-electron chi connectivity index (χ3n) is 2.32. The first-order valence-electron chi connectivity index (χ1n) is 5.92. The van der Waals surface area contributed by atoms with Crippen LogP contribution in [-0.2, 0) is 9.53 Å². The normalized spacial score (nSPS) is 11.3. The average molecular weight is 281 g/mol. The Morgan fingerprint density at radius 2 is 1.95 bits per heavy atom. The number of hydrogen-bond acceptors (Lipinski definition) is 5. The minimum absolute atomic E-state index is 0.0733. The van der Waals surface area contributed by atoms with Gasteiger partial charge >= 0.3 is 12.0 Å². The molecule has 0 aliphatic carbocycles. The molecule has 8 nitrogen and oxygen atoms in total. The monoisotopic (exact) mass is 281 g/mol. The predicted octanol–water partition coefficient (Wildman–Crippen LogP) is 1.67. The zero-order chi connectivity index (χ0) is 15.1. The number of hydrogen-bond donors (Lipinski definition) is 2. The molecule has 1 unspecified atom stereocenters. The largest absolute Gasteiger partial charge is 0.464 e. The number of carbonyl (C=O) groups excluding carboxylic acids is 2. The van der Waals surface area contributed by atoms with Crippen LogP contribution in [0.3, 0.4) is 0 Å². The number of urea groups is 1. The van der Waals surface area contributed by atoms with Gasteiger partial charge in [0.1, 0.15) is 6.04 Å². The highest BCUT2D eigenvalue weighted by atomic mass is 16.6. The summed E-state index contributed by atoms with van der Waals surface area (Å²) in [6, 6.07) is 3.95. The lowest BCUT2D eigenvalue weighted by Crippen LogP contribution is -2.41. The summed E-state index contributed by atoms with van der Waals surface area (Å²) in [7, 11) is 0. The van der Waals surface area contributed by atoms with E-state index in [1.165, 1.54) is 31.2 Å². The van der Waals surface area contributed by atoms with Crippen molar-refractivity contribution in [1.29, 1.82) is 0 Å². The van der Waals surface area contributed by atoms with E-state index in [1.54, 1.807) is 6.92 Å². The van der Waals surface area contributed by atoms with Gasteiger partial charge in [-0.3, -0.25) is 10.1 Å². The maximum absolute atomic E-state index is 11.6. The Morgan fingerprint density at radius 3 is 2.45 bits per heavy atom. The van der Waals surface area contributed by atoms with Crippen LogP contribution < -0.4 is 10.6 Å². The van der Waals surface area contributed by atoms with Crippen LogP contribution in [0, 0.1) is 10.1 Å². The molecule has 1 aromatic rings. The molecule has 0 fully saturated rings. The van der Waals surface area contributed by atoms with Gasteiger partial charge in [0.25, 0.3) is 5.69 Å². The Kier molecular flexibility index (Phi) is 5.45. The van der Waals surface area contributed by atoms with Gasteiger partial charge in [0.2, 0.25) is 0 Å². The minimum atomic E-state index is -0.784. The minimum Gasteiger partial charge on any atom is -0.464 e. The van der Waals surface area contributed by atoms with Crippen molar-refractivity contribution in [3.8, 4) is 0 Å². The number of amides is 2. The quantitative estimate of drug-likeness (QED) is 0.484. The molecule has 1 atom stereocenters. The number of nitro groups is 1. The first-order chi connectivity index (χ1) is 9.43. The number of ether oxygens (including phenoxy) is 1. The van der Waals surface area contributed by atoms with Crippen molar-refractivity contribution in [2.45, 2.75) is 19.9 Å². The molecule has 0 saturated heterocycles. The smallest absolute Gasteiger partial charge is 0.328 e. The molecule has 0 saturated carbocycles. The second kappa shape index (κ2) is 7.07. The van der Waals surface area contributed by atoms with Crippen molar-refractivity contribution in [1.82, 2.24) is 5.32 Å². The maximum Gasteiger partial charge on any atom is 0.328 e. The van der Waals surface area contributed by atoms with Gasteiger partial charge in [-0.25, -0.2) is 9.59 Å². The van der Waals surface area contributed by atoms with E-state index in [9.17, 15) is 19.7 Å². The van der Waals surface area contributed by atoms with E-state index in [0.717, 1.165) is 0 Å². The van der Waals surface area contributed by atoms with Gasteiger partial charge in [-0.05, 0) is 26.0 Å². The van der Waals surface area contributed by atoms with Crippen LogP contribution in [0.25, 0.3) is 0 Å². The van der Waals surface area contributed by atoms with Crippen LogP contribution in [-0.4, -0.2) is 29.6 Å². The van der Waals surface area contributed by atoms with Crippen LogP contribution >= 0.6 is 0 Å². The molecule has 0 radical (unpaired) electrons. The highest BCUT2D eigenvalue weighted by molar-refractivity contribution is 5.92. The lowest BCUT2D eigenvalue weighted by molar-refractivity contribution is -0.384. The highest BCUT2D eigenvalue weighted by Crippen LogP contribution is 2.15. The molecule has 2 amide bonds. The van der Waals surface area contributed by atoms with Crippen LogP contribution in [0.5, 0.6) is 0 Å². The molecule has 1 rings (SSSR count). The summed E-state index contributed by atoms with van der Waals surface area (Å²) in [4.78, 5) is 32.8. The molecule has 2 N–H and O–H groups in total. The molecule has 0 bridgehead atoms. The van der Waals surface area contributed by atoms with E-state index in [2.05, 4.69) is 10.6 Å². The molecule has 0 aromatic heterocycles. The van der Waals surface area contributed by atoms with Crippen LogP contribution in [0.1, 0.15) is 13.8 Å². The molecular weight excluding hydrogens is 266 g/mol. The van der Waals surface area contributed by atoms with Crippen molar-refractivity contribution < 1.29 is 19.2 Å². The Morgan fingerprint density at radius 1 is 1.35 bits per heavy atom. The molecule has 20 heavy (non-hydrogen) atoms. The number of nitrogens with one attached hydrogen (secondary N) is 2. The van der Waals surface area contributed by atoms with Crippen molar-refractivity contribution in [2.75, 3.05) is 11.9 Å². The van der Waals surface area contributed by atoms with E-state index in [1.807, 2.05) is 0 Å². The zero-order valence-electron chi connectivity index (χ0n) is 11.1. The summed E-state index contributed by atoms with van der Waals surface area (Å²) < 4.78 is 4.74. The highest BCUT2D eigenvalue weighted by Gasteiger charge is 2.16. The molecule has 1 aromatic carbocycles. The van der Waals surface area contributed by atoms with E-state index in [-0.39, 0.29) is 12.3 Å². The molecule has 108 valence electrons. The number of esters is 1. The number of non-ortho nitro benzene ring substituents is 1. The SMILES string of the molecule is CCOC(=O)C(C)NC(=O)Nc1ccc([N+](=O)[O-])cc1. The summed E-state index contributed by atoms with van der Waals surface area (Å²) >= 11 is 0. The molecule has 0 spiro atoms. The number of nitro benzene ring substituents is 1. The molecule has 0 aliphatic heterocycles. The maximum atomic E-state index is 11.6. The van der Waals surface area contributed by atoms with Gasteiger partial charge in [0.15, 0.2) is 0 Å². The molecule has 0 heterocycles. The number of anilines is 1. The van der Waals surface area contributed by atoms with Gasteiger partial charge in [-0.2, -0.15) is 0 Å². The Hall–Kier alpha value is -2.64. The molecule has 0 aliphatic rings. The van der Waals surface area contributed by atoms with Gasteiger partial charge in [-0.1, -0.05) is 0 Å². The van der Waals surface area contributed by atoms with Gasteiger partial charge in [0, 0.05) is 17.8 Å². The second-order valence-corrected chi connectivity index (χ2v) is 3.88. The topological polar surface area (TPSA) is 111 Å². The first kappa shape index (κ1) is 15.4. The number of carbonyl (C=O) groups is 2. The summed E-state index contributed by atoms with van der Waals surface area (Å²) in [5, 5.41) is 15.3. The Bertz CT molecular complexity index is 500. The third-order valence-corrected chi connectivity index (χ3v) is 2.32. The van der Waals surface area contributed by atoms with Crippen molar-refractivity contribution in [3.63, 3.8) is 0 Å². The average Bonchev–Trinajstić information content (AvgIpc) is 2.39. The fourth-order valence-corrected chi connectivity index (χ4v) is 1.36.